The Balaban J connectivity index is 1.96. The van der Waals surface area contributed by atoms with Gasteiger partial charge >= 0.3 is 5.97 Å². The average Bonchev–Trinajstić information content (AvgIpc) is 2.60. The highest BCUT2D eigenvalue weighted by Gasteiger charge is 2.18. The van der Waals surface area contributed by atoms with Gasteiger partial charge in [-0.15, -0.1) is 0 Å². The molecule has 1 amide bonds. The topological polar surface area (TPSA) is 64.6 Å². The molecule has 0 aliphatic heterocycles. The third kappa shape index (κ3) is 5.60. The van der Waals surface area contributed by atoms with E-state index in [-0.39, 0.29) is 0 Å². The van der Waals surface area contributed by atoms with Crippen molar-refractivity contribution in [3.8, 4) is 5.75 Å². The predicted octanol–water partition coefficient (Wildman–Crippen LogP) is 4.07. The zero-order chi connectivity index (χ0) is 19.1. The lowest BCUT2D eigenvalue weighted by molar-refractivity contribution is -0.148. The first kappa shape index (κ1) is 19.5. The molecule has 7 heteroatoms. The fourth-order valence-electron chi connectivity index (χ4n) is 2.05. The van der Waals surface area contributed by atoms with E-state index in [1.165, 1.54) is 44.4 Å². The van der Waals surface area contributed by atoms with E-state index in [1.54, 1.807) is 18.2 Å². The van der Waals surface area contributed by atoms with Crippen LogP contribution in [0, 0.1) is 5.82 Å². The number of nitrogens with one attached hydrogen (secondary N) is 1. The van der Waals surface area contributed by atoms with E-state index < -0.39 is 23.8 Å². The summed E-state index contributed by atoms with van der Waals surface area (Å²) >= 11 is 5.90. The van der Waals surface area contributed by atoms with Gasteiger partial charge in [-0.2, -0.15) is 0 Å². The fraction of sp³-hybridized carbons (Fsp3) is 0.158. The van der Waals surface area contributed by atoms with Gasteiger partial charge in [-0.25, -0.2) is 9.18 Å². The number of hydrogen-bond acceptors (Lipinski definition) is 4. The highest BCUT2D eigenvalue weighted by molar-refractivity contribution is 6.31. The molecule has 1 atom stereocenters. The van der Waals surface area contributed by atoms with Crippen LogP contribution in [0.2, 0.25) is 5.02 Å². The van der Waals surface area contributed by atoms with Crippen molar-refractivity contribution in [2.75, 3.05) is 12.4 Å². The van der Waals surface area contributed by atoms with E-state index in [1.807, 2.05) is 0 Å². The molecule has 0 fully saturated rings. The summed E-state index contributed by atoms with van der Waals surface area (Å²) in [6, 6.07) is 10.5. The molecule has 2 aromatic carbocycles. The fourth-order valence-corrected chi connectivity index (χ4v) is 2.23. The van der Waals surface area contributed by atoms with Crippen LogP contribution in [0.3, 0.4) is 0 Å². The van der Waals surface area contributed by atoms with Crippen molar-refractivity contribution < 1.29 is 23.5 Å². The van der Waals surface area contributed by atoms with Gasteiger partial charge in [0.1, 0.15) is 11.6 Å². The first-order valence-electron chi connectivity index (χ1n) is 7.67. The second-order valence-corrected chi connectivity index (χ2v) is 5.74. The molecule has 26 heavy (non-hydrogen) atoms. The Morgan fingerprint density at radius 1 is 1.23 bits per heavy atom. The summed E-state index contributed by atoms with van der Waals surface area (Å²) in [4.78, 5) is 24.0. The molecule has 0 radical (unpaired) electrons. The second kappa shape index (κ2) is 9.01. The number of carbonyl (C=O) groups excluding carboxylic acids is 2. The summed E-state index contributed by atoms with van der Waals surface area (Å²) in [5.41, 5.74) is 0.867. The largest absolute Gasteiger partial charge is 0.495 e. The molecular weight excluding hydrogens is 361 g/mol. The van der Waals surface area contributed by atoms with Crippen molar-refractivity contribution in [2.45, 2.75) is 13.0 Å². The normalized spacial score (nSPS) is 11.8. The number of halogens is 2. The average molecular weight is 378 g/mol. The molecule has 2 aromatic rings. The third-order valence-electron chi connectivity index (χ3n) is 3.34. The lowest BCUT2D eigenvalue weighted by Gasteiger charge is -2.14. The van der Waals surface area contributed by atoms with Gasteiger partial charge in [0.15, 0.2) is 6.10 Å². The summed E-state index contributed by atoms with van der Waals surface area (Å²) in [5.74, 6) is -1.26. The van der Waals surface area contributed by atoms with Gasteiger partial charge in [-0.3, -0.25) is 4.79 Å². The maximum Gasteiger partial charge on any atom is 0.331 e. The summed E-state index contributed by atoms with van der Waals surface area (Å²) in [6.45, 7) is 1.43. The Morgan fingerprint density at radius 2 is 2.00 bits per heavy atom. The lowest BCUT2D eigenvalue weighted by Crippen LogP contribution is -2.29. The number of ether oxygens (including phenoxy) is 2. The third-order valence-corrected chi connectivity index (χ3v) is 3.58. The number of methoxy groups -OCH3 is 1. The van der Waals surface area contributed by atoms with Crippen molar-refractivity contribution in [1.29, 1.82) is 0 Å². The molecule has 0 saturated heterocycles. The summed E-state index contributed by atoms with van der Waals surface area (Å²) < 4.78 is 23.3. The summed E-state index contributed by atoms with van der Waals surface area (Å²) in [5, 5.41) is 3.01. The van der Waals surface area contributed by atoms with Gasteiger partial charge in [0.2, 0.25) is 0 Å². The zero-order valence-electron chi connectivity index (χ0n) is 14.2. The molecule has 136 valence electrons. The smallest absolute Gasteiger partial charge is 0.331 e. The number of rotatable bonds is 6. The molecule has 0 spiro atoms. The van der Waals surface area contributed by atoms with Gasteiger partial charge in [0, 0.05) is 11.1 Å². The number of hydrogen-bond donors (Lipinski definition) is 1. The summed E-state index contributed by atoms with van der Waals surface area (Å²) in [7, 11) is 1.46. The van der Waals surface area contributed by atoms with Crippen LogP contribution in [-0.2, 0) is 14.3 Å². The van der Waals surface area contributed by atoms with Gasteiger partial charge < -0.3 is 14.8 Å². The summed E-state index contributed by atoms with van der Waals surface area (Å²) in [6.07, 6.45) is 1.47. The van der Waals surface area contributed by atoms with Crippen LogP contribution in [0.5, 0.6) is 5.75 Å². The standard InChI is InChI=1S/C19H17ClFNO4/c1-12(19(24)22-16-11-14(20)7-8-17(16)25-2)26-18(23)9-6-13-4-3-5-15(21)10-13/h3-12H,1-2H3,(H,22,24)/b9-6+/t12-/m1/s1. The van der Waals surface area contributed by atoms with Crippen molar-refractivity contribution >= 4 is 35.2 Å². The Bertz CT molecular complexity index is 838. The number of amides is 1. The molecule has 1 N–H and O–H groups in total. The van der Waals surface area contributed by atoms with E-state index in [4.69, 9.17) is 21.1 Å². The van der Waals surface area contributed by atoms with Crippen LogP contribution in [-0.4, -0.2) is 25.1 Å². The number of esters is 1. The van der Waals surface area contributed by atoms with E-state index >= 15 is 0 Å². The lowest BCUT2D eigenvalue weighted by atomic mass is 10.2. The first-order valence-corrected chi connectivity index (χ1v) is 8.05. The van der Waals surface area contributed by atoms with Crippen LogP contribution >= 0.6 is 11.6 Å². The maximum absolute atomic E-state index is 13.1. The molecule has 2 rings (SSSR count). The molecule has 0 aliphatic rings. The minimum absolute atomic E-state index is 0.364. The molecule has 0 saturated carbocycles. The second-order valence-electron chi connectivity index (χ2n) is 5.30. The number of carbonyl (C=O) groups is 2. The zero-order valence-corrected chi connectivity index (χ0v) is 14.9. The highest BCUT2D eigenvalue weighted by Crippen LogP contribution is 2.27. The van der Waals surface area contributed by atoms with Gasteiger partial charge in [-0.05, 0) is 48.9 Å². The van der Waals surface area contributed by atoms with Crippen LogP contribution in [0.1, 0.15) is 12.5 Å². The van der Waals surface area contributed by atoms with E-state index in [0.717, 1.165) is 6.08 Å². The van der Waals surface area contributed by atoms with Gasteiger partial charge in [0.25, 0.3) is 5.91 Å². The number of benzene rings is 2. The molecule has 0 aliphatic carbocycles. The SMILES string of the molecule is COc1ccc(Cl)cc1NC(=O)[C@@H](C)OC(=O)/C=C/c1cccc(F)c1. The Kier molecular flexibility index (Phi) is 6.74. The van der Waals surface area contributed by atoms with E-state index in [0.29, 0.717) is 22.0 Å². The minimum Gasteiger partial charge on any atom is -0.495 e. The minimum atomic E-state index is -1.05. The van der Waals surface area contributed by atoms with Crippen molar-refractivity contribution in [3.63, 3.8) is 0 Å². The quantitative estimate of drug-likeness (QED) is 0.608. The predicted molar refractivity (Wildman–Crippen MR) is 97.6 cm³/mol. The van der Waals surface area contributed by atoms with Gasteiger partial charge in [-0.1, -0.05) is 23.7 Å². The first-order chi connectivity index (χ1) is 12.4. The van der Waals surface area contributed by atoms with Gasteiger partial charge in [0.05, 0.1) is 12.8 Å². The van der Waals surface area contributed by atoms with Crippen LogP contribution < -0.4 is 10.1 Å². The molecule has 0 unspecified atom stereocenters. The molecule has 0 aromatic heterocycles. The molecular formula is C19H17ClFNO4. The van der Waals surface area contributed by atoms with Crippen molar-refractivity contribution in [3.05, 3.63) is 64.9 Å². The Hall–Kier alpha value is -2.86. The van der Waals surface area contributed by atoms with E-state index in [2.05, 4.69) is 5.32 Å². The Morgan fingerprint density at radius 3 is 2.69 bits per heavy atom. The number of anilines is 1. The van der Waals surface area contributed by atoms with Crippen molar-refractivity contribution in [1.82, 2.24) is 0 Å². The van der Waals surface area contributed by atoms with E-state index in [9.17, 15) is 14.0 Å². The van der Waals surface area contributed by atoms with Crippen LogP contribution in [0.15, 0.2) is 48.5 Å². The monoisotopic (exact) mass is 377 g/mol. The molecule has 0 bridgehead atoms. The van der Waals surface area contributed by atoms with Crippen LogP contribution in [0.25, 0.3) is 6.08 Å². The van der Waals surface area contributed by atoms with Crippen LogP contribution in [0.4, 0.5) is 10.1 Å². The molecule has 0 heterocycles. The van der Waals surface area contributed by atoms with Crippen molar-refractivity contribution in [2.24, 2.45) is 0 Å². The molecule has 5 nitrogen and oxygen atoms in total. The Labute approximate surface area is 155 Å². The highest BCUT2D eigenvalue weighted by atomic mass is 35.5. The maximum atomic E-state index is 13.1.